The van der Waals surface area contributed by atoms with Gasteiger partial charge in [0.15, 0.2) is 0 Å². The van der Waals surface area contributed by atoms with Crippen LogP contribution in [0.15, 0.2) is 59.2 Å². The van der Waals surface area contributed by atoms with E-state index in [1.54, 1.807) is 19.4 Å². The maximum atomic E-state index is 11.7. The molecule has 4 heteroatoms. The predicted octanol–water partition coefficient (Wildman–Crippen LogP) is 4.65. The Morgan fingerprint density at radius 3 is 2.68 bits per heavy atom. The van der Waals surface area contributed by atoms with Crippen molar-refractivity contribution < 1.29 is 13.9 Å². The van der Waals surface area contributed by atoms with Crippen LogP contribution in [-0.2, 0) is 4.79 Å². The summed E-state index contributed by atoms with van der Waals surface area (Å²) in [6.45, 7) is 4.38. The smallest absolute Gasteiger partial charge is 0.244 e. The lowest BCUT2D eigenvalue weighted by molar-refractivity contribution is -0.116. The van der Waals surface area contributed by atoms with Crippen molar-refractivity contribution in [1.82, 2.24) is 5.32 Å². The van der Waals surface area contributed by atoms with Gasteiger partial charge in [-0.2, -0.15) is 0 Å². The van der Waals surface area contributed by atoms with Crippen LogP contribution in [0, 0.1) is 0 Å². The first-order chi connectivity index (χ1) is 12.1. The molecule has 0 aliphatic rings. The highest BCUT2D eigenvalue weighted by Gasteiger charge is 2.15. The SMILES string of the molecule is CCOc1cc2occ(-c3ccccc3)c2cc1/C(C)=C/C(=O)NC. The van der Waals surface area contributed by atoms with Crippen LogP contribution in [0.5, 0.6) is 5.75 Å². The number of carbonyl (C=O) groups excluding carboxylic acids is 1. The average Bonchev–Trinajstić information content (AvgIpc) is 3.04. The van der Waals surface area contributed by atoms with Crippen LogP contribution in [0.4, 0.5) is 0 Å². The molecule has 3 rings (SSSR count). The number of benzene rings is 2. The molecule has 25 heavy (non-hydrogen) atoms. The summed E-state index contributed by atoms with van der Waals surface area (Å²) in [5.41, 5.74) is 4.59. The van der Waals surface area contributed by atoms with Crippen molar-refractivity contribution in [3.63, 3.8) is 0 Å². The lowest BCUT2D eigenvalue weighted by atomic mass is 9.99. The van der Waals surface area contributed by atoms with Crippen LogP contribution in [0.2, 0.25) is 0 Å². The molecule has 0 fully saturated rings. The molecule has 1 heterocycles. The second kappa shape index (κ2) is 7.26. The molecule has 0 saturated heterocycles. The van der Waals surface area contributed by atoms with Crippen molar-refractivity contribution in [1.29, 1.82) is 0 Å². The minimum atomic E-state index is -0.143. The molecule has 0 aliphatic carbocycles. The number of carbonyl (C=O) groups is 1. The number of amides is 1. The Balaban J connectivity index is 2.18. The van der Waals surface area contributed by atoms with Crippen molar-refractivity contribution in [2.75, 3.05) is 13.7 Å². The Labute approximate surface area is 147 Å². The fourth-order valence-corrected chi connectivity index (χ4v) is 2.83. The fourth-order valence-electron chi connectivity index (χ4n) is 2.83. The van der Waals surface area contributed by atoms with Crippen LogP contribution in [0.1, 0.15) is 19.4 Å². The van der Waals surface area contributed by atoms with E-state index in [-0.39, 0.29) is 5.91 Å². The predicted molar refractivity (Wildman–Crippen MR) is 101 cm³/mol. The maximum Gasteiger partial charge on any atom is 0.244 e. The number of allylic oxidation sites excluding steroid dienone is 1. The lowest BCUT2D eigenvalue weighted by Gasteiger charge is -2.11. The average molecular weight is 335 g/mol. The summed E-state index contributed by atoms with van der Waals surface area (Å²) in [6.07, 6.45) is 3.34. The van der Waals surface area contributed by atoms with Gasteiger partial charge in [-0.3, -0.25) is 4.79 Å². The Kier molecular flexibility index (Phi) is 4.89. The van der Waals surface area contributed by atoms with Gasteiger partial charge in [0.2, 0.25) is 5.91 Å². The third-order valence-electron chi connectivity index (χ3n) is 4.08. The minimum absolute atomic E-state index is 0.143. The van der Waals surface area contributed by atoms with E-state index in [1.165, 1.54) is 0 Å². The molecule has 1 aromatic heterocycles. The van der Waals surface area contributed by atoms with Crippen LogP contribution in [0.3, 0.4) is 0 Å². The summed E-state index contributed by atoms with van der Waals surface area (Å²) in [5, 5.41) is 3.61. The molecule has 2 aromatic carbocycles. The van der Waals surface area contributed by atoms with Gasteiger partial charge < -0.3 is 14.5 Å². The zero-order valence-corrected chi connectivity index (χ0v) is 14.6. The van der Waals surface area contributed by atoms with Gasteiger partial charge in [0.25, 0.3) is 0 Å². The molecule has 0 atom stereocenters. The lowest BCUT2D eigenvalue weighted by Crippen LogP contribution is -2.14. The molecular formula is C21H21NO3. The molecule has 1 amide bonds. The summed E-state index contributed by atoms with van der Waals surface area (Å²) in [5.74, 6) is 0.567. The summed E-state index contributed by atoms with van der Waals surface area (Å²) in [6, 6.07) is 14.0. The number of furan rings is 1. The second-order valence-electron chi connectivity index (χ2n) is 5.73. The number of ether oxygens (including phenoxy) is 1. The molecule has 128 valence electrons. The van der Waals surface area contributed by atoms with E-state index in [1.807, 2.05) is 56.3 Å². The van der Waals surface area contributed by atoms with Gasteiger partial charge in [-0.25, -0.2) is 0 Å². The first-order valence-electron chi connectivity index (χ1n) is 8.28. The zero-order chi connectivity index (χ0) is 17.8. The van der Waals surface area contributed by atoms with Gasteiger partial charge in [-0.1, -0.05) is 30.3 Å². The van der Waals surface area contributed by atoms with Crippen LogP contribution in [-0.4, -0.2) is 19.6 Å². The van der Waals surface area contributed by atoms with E-state index in [2.05, 4.69) is 5.32 Å². The molecule has 0 aliphatic heterocycles. The van der Waals surface area contributed by atoms with Crippen LogP contribution in [0.25, 0.3) is 27.7 Å². The van der Waals surface area contributed by atoms with Crippen molar-refractivity contribution in [3.05, 3.63) is 60.4 Å². The monoisotopic (exact) mass is 335 g/mol. The molecule has 0 bridgehead atoms. The summed E-state index contributed by atoms with van der Waals surface area (Å²) in [4.78, 5) is 11.7. The first kappa shape index (κ1) is 16.8. The van der Waals surface area contributed by atoms with Crippen molar-refractivity contribution in [2.45, 2.75) is 13.8 Å². The van der Waals surface area contributed by atoms with Gasteiger partial charge in [-0.05, 0) is 31.1 Å². The molecule has 4 nitrogen and oxygen atoms in total. The zero-order valence-electron chi connectivity index (χ0n) is 14.6. The first-order valence-corrected chi connectivity index (χ1v) is 8.28. The van der Waals surface area contributed by atoms with Crippen molar-refractivity contribution >= 4 is 22.4 Å². The van der Waals surface area contributed by atoms with Crippen LogP contribution >= 0.6 is 0 Å². The van der Waals surface area contributed by atoms with Crippen molar-refractivity contribution in [2.24, 2.45) is 0 Å². The van der Waals surface area contributed by atoms with E-state index in [4.69, 9.17) is 9.15 Å². The number of hydrogen-bond acceptors (Lipinski definition) is 3. The third kappa shape index (κ3) is 3.43. The quantitative estimate of drug-likeness (QED) is 0.691. The third-order valence-corrected chi connectivity index (χ3v) is 4.08. The summed E-state index contributed by atoms with van der Waals surface area (Å²) >= 11 is 0. The van der Waals surface area contributed by atoms with Gasteiger partial charge in [0.05, 0.1) is 12.9 Å². The molecule has 0 spiro atoms. The molecule has 0 radical (unpaired) electrons. The van der Waals surface area contributed by atoms with Crippen molar-refractivity contribution in [3.8, 4) is 16.9 Å². The highest BCUT2D eigenvalue weighted by Crippen LogP contribution is 2.37. The molecule has 1 N–H and O–H groups in total. The summed E-state index contributed by atoms with van der Waals surface area (Å²) < 4.78 is 11.5. The Bertz CT molecular complexity index is 923. The molecular weight excluding hydrogens is 314 g/mol. The maximum absolute atomic E-state index is 11.7. The number of nitrogens with one attached hydrogen (secondary N) is 1. The minimum Gasteiger partial charge on any atom is -0.493 e. The number of rotatable bonds is 5. The molecule has 0 saturated carbocycles. The number of hydrogen-bond donors (Lipinski definition) is 1. The largest absolute Gasteiger partial charge is 0.493 e. The van der Waals surface area contributed by atoms with E-state index < -0.39 is 0 Å². The number of fused-ring (bicyclic) bond motifs is 1. The van der Waals surface area contributed by atoms with E-state index in [0.29, 0.717) is 12.4 Å². The normalized spacial score (nSPS) is 11.6. The van der Waals surface area contributed by atoms with Gasteiger partial charge in [-0.15, -0.1) is 0 Å². The fraction of sp³-hybridized carbons (Fsp3) is 0.190. The highest BCUT2D eigenvalue weighted by atomic mass is 16.5. The Morgan fingerprint density at radius 2 is 2.00 bits per heavy atom. The standard InChI is InChI=1S/C21H21NO3/c1-4-24-19-12-20-17(11-16(19)14(2)10-21(23)22-3)18(13-25-20)15-8-6-5-7-9-15/h5-13H,4H2,1-3H3,(H,22,23)/b14-10+. The van der Waals surface area contributed by atoms with Gasteiger partial charge in [0.1, 0.15) is 11.3 Å². The summed E-state index contributed by atoms with van der Waals surface area (Å²) in [7, 11) is 1.61. The van der Waals surface area contributed by atoms with E-state index in [0.717, 1.165) is 33.2 Å². The topological polar surface area (TPSA) is 51.5 Å². The Hall–Kier alpha value is -3.01. The van der Waals surface area contributed by atoms with E-state index >= 15 is 0 Å². The van der Waals surface area contributed by atoms with E-state index in [9.17, 15) is 4.79 Å². The van der Waals surface area contributed by atoms with Gasteiger partial charge in [0, 0.05) is 35.7 Å². The van der Waals surface area contributed by atoms with Crippen LogP contribution < -0.4 is 10.1 Å². The molecule has 3 aromatic rings. The second-order valence-corrected chi connectivity index (χ2v) is 5.73. The molecule has 0 unspecified atom stereocenters. The van der Waals surface area contributed by atoms with Gasteiger partial charge >= 0.3 is 0 Å². The highest BCUT2D eigenvalue weighted by molar-refractivity contribution is 6.00. The number of likely N-dealkylation sites (N-methyl/N-ethyl adjacent to an activating group) is 1. The Morgan fingerprint density at radius 1 is 1.24 bits per heavy atom.